The van der Waals surface area contributed by atoms with E-state index >= 15 is 0 Å². The molecule has 0 bridgehead atoms. The highest BCUT2D eigenvalue weighted by Gasteiger charge is 2.03. The van der Waals surface area contributed by atoms with Crippen LogP contribution in [-0.2, 0) is 12.8 Å². The Morgan fingerprint density at radius 1 is 0.895 bits per heavy atom. The molecule has 0 aliphatic rings. The van der Waals surface area contributed by atoms with Crippen LogP contribution >= 0.6 is 15.9 Å². The number of hydrogen-bond donors (Lipinski definition) is 0. The monoisotopic (exact) mass is 317 g/mol. The summed E-state index contributed by atoms with van der Waals surface area (Å²) in [7, 11) is 4.21. The van der Waals surface area contributed by atoms with Gasteiger partial charge in [-0.05, 0) is 48.6 Å². The van der Waals surface area contributed by atoms with Gasteiger partial charge in [-0.25, -0.2) is 0 Å². The number of hydrogen-bond acceptors (Lipinski definition) is 1. The summed E-state index contributed by atoms with van der Waals surface area (Å²) in [4.78, 5) is 2.19. The fourth-order valence-corrected chi connectivity index (χ4v) is 2.56. The summed E-state index contributed by atoms with van der Waals surface area (Å²) in [6.07, 6.45) is 3.45. The summed E-state index contributed by atoms with van der Waals surface area (Å²) in [6, 6.07) is 17.3. The summed E-state index contributed by atoms with van der Waals surface area (Å²) in [5.41, 5.74) is 4.17. The second-order valence-corrected chi connectivity index (χ2v) is 5.92. The Hall–Kier alpha value is -1.28. The molecule has 0 radical (unpaired) electrons. The lowest BCUT2D eigenvalue weighted by Gasteiger charge is -2.17. The van der Waals surface area contributed by atoms with Gasteiger partial charge in [-0.1, -0.05) is 46.3 Å². The van der Waals surface area contributed by atoms with Gasteiger partial charge in [-0.15, -0.1) is 0 Å². The summed E-state index contributed by atoms with van der Waals surface area (Å²) in [6.45, 7) is 0. The number of anilines is 1. The number of nitrogens with zero attached hydrogens (tertiary/aromatic N) is 1. The second kappa shape index (κ2) is 6.76. The standard InChI is InChI=1S/C17H20BrN/c1-19(2)17-9-4-3-7-15(17)8-5-6-14-10-12-16(18)13-11-14/h3-4,7,9-13H,5-6,8H2,1-2H3. The first-order valence-electron chi connectivity index (χ1n) is 6.66. The van der Waals surface area contributed by atoms with Gasteiger partial charge in [0.1, 0.15) is 0 Å². The minimum absolute atomic E-state index is 1.13. The molecule has 0 aromatic heterocycles. The van der Waals surface area contributed by atoms with Gasteiger partial charge >= 0.3 is 0 Å². The van der Waals surface area contributed by atoms with E-state index in [1.807, 2.05) is 0 Å². The van der Waals surface area contributed by atoms with Crippen LogP contribution in [-0.4, -0.2) is 14.1 Å². The summed E-state index contributed by atoms with van der Waals surface area (Å²) in [5, 5.41) is 0. The van der Waals surface area contributed by atoms with Crippen LogP contribution in [0.5, 0.6) is 0 Å². The zero-order chi connectivity index (χ0) is 13.7. The molecule has 0 aliphatic heterocycles. The van der Waals surface area contributed by atoms with Crippen molar-refractivity contribution < 1.29 is 0 Å². The normalized spacial score (nSPS) is 10.5. The van der Waals surface area contributed by atoms with Crippen LogP contribution in [0.1, 0.15) is 17.5 Å². The maximum Gasteiger partial charge on any atom is 0.0393 e. The van der Waals surface area contributed by atoms with Crippen LogP contribution in [0.4, 0.5) is 5.69 Å². The molecule has 0 saturated carbocycles. The van der Waals surface area contributed by atoms with Crippen LogP contribution < -0.4 is 4.90 Å². The highest BCUT2D eigenvalue weighted by Crippen LogP contribution is 2.20. The third kappa shape index (κ3) is 4.10. The molecular formula is C17H20BrN. The largest absolute Gasteiger partial charge is 0.377 e. The predicted molar refractivity (Wildman–Crippen MR) is 86.9 cm³/mol. The minimum Gasteiger partial charge on any atom is -0.377 e. The van der Waals surface area contributed by atoms with E-state index in [1.54, 1.807) is 0 Å². The van der Waals surface area contributed by atoms with Crippen molar-refractivity contribution in [2.75, 3.05) is 19.0 Å². The van der Waals surface area contributed by atoms with Crippen molar-refractivity contribution in [3.05, 3.63) is 64.1 Å². The van der Waals surface area contributed by atoms with Crippen LogP contribution in [0.2, 0.25) is 0 Å². The van der Waals surface area contributed by atoms with Gasteiger partial charge < -0.3 is 4.90 Å². The van der Waals surface area contributed by atoms with E-state index in [0.717, 1.165) is 17.3 Å². The van der Waals surface area contributed by atoms with E-state index in [2.05, 4.69) is 83.5 Å². The number of halogens is 1. The van der Waals surface area contributed by atoms with Crippen molar-refractivity contribution in [2.24, 2.45) is 0 Å². The van der Waals surface area contributed by atoms with E-state index < -0.39 is 0 Å². The molecule has 0 fully saturated rings. The third-order valence-corrected chi connectivity index (χ3v) is 3.83. The molecule has 0 heterocycles. The Balaban J connectivity index is 1.94. The lowest BCUT2D eigenvalue weighted by atomic mass is 10.0. The van der Waals surface area contributed by atoms with Crippen molar-refractivity contribution in [3.63, 3.8) is 0 Å². The van der Waals surface area contributed by atoms with Gasteiger partial charge in [-0.2, -0.15) is 0 Å². The van der Waals surface area contributed by atoms with Crippen LogP contribution in [0.15, 0.2) is 53.0 Å². The number of benzene rings is 2. The molecule has 1 nitrogen and oxygen atoms in total. The topological polar surface area (TPSA) is 3.24 Å². The molecule has 0 amide bonds. The van der Waals surface area contributed by atoms with Gasteiger partial charge in [-0.3, -0.25) is 0 Å². The van der Waals surface area contributed by atoms with Gasteiger partial charge in [0.15, 0.2) is 0 Å². The van der Waals surface area contributed by atoms with Crippen LogP contribution in [0.25, 0.3) is 0 Å². The van der Waals surface area contributed by atoms with E-state index in [4.69, 9.17) is 0 Å². The zero-order valence-corrected chi connectivity index (χ0v) is 13.2. The summed E-state index contributed by atoms with van der Waals surface area (Å²) in [5.74, 6) is 0. The highest BCUT2D eigenvalue weighted by atomic mass is 79.9. The van der Waals surface area contributed by atoms with E-state index in [-0.39, 0.29) is 0 Å². The highest BCUT2D eigenvalue weighted by molar-refractivity contribution is 9.10. The van der Waals surface area contributed by atoms with Crippen molar-refractivity contribution in [1.82, 2.24) is 0 Å². The van der Waals surface area contributed by atoms with Crippen LogP contribution in [0.3, 0.4) is 0 Å². The Bertz CT molecular complexity index is 517. The third-order valence-electron chi connectivity index (χ3n) is 3.30. The fourth-order valence-electron chi connectivity index (χ4n) is 2.29. The smallest absolute Gasteiger partial charge is 0.0393 e. The number of rotatable bonds is 5. The Morgan fingerprint density at radius 2 is 1.58 bits per heavy atom. The van der Waals surface area contributed by atoms with Crippen molar-refractivity contribution in [2.45, 2.75) is 19.3 Å². The predicted octanol–water partition coefficient (Wildman–Crippen LogP) is 4.69. The zero-order valence-electron chi connectivity index (χ0n) is 11.6. The molecule has 0 spiro atoms. The molecule has 2 aromatic rings. The molecule has 0 saturated heterocycles. The molecule has 0 unspecified atom stereocenters. The first-order valence-corrected chi connectivity index (χ1v) is 7.46. The van der Waals surface area contributed by atoms with Crippen molar-refractivity contribution >= 4 is 21.6 Å². The average molecular weight is 318 g/mol. The Kier molecular flexibility index (Phi) is 5.03. The van der Waals surface area contributed by atoms with Crippen molar-refractivity contribution in [3.8, 4) is 0 Å². The number of aryl methyl sites for hydroxylation is 2. The van der Waals surface area contributed by atoms with Crippen molar-refractivity contribution in [1.29, 1.82) is 0 Å². The lowest BCUT2D eigenvalue weighted by Crippen LogP contribution is -2.11. The minimum atomic E-state index is 1.13. The Labute approximate surface area is 124 Å². The summed E-state index contributed by atoms with van der Waals surface area (Å²) < 4.78 is 1.15. The molecule has 2 rings (SSSR count). The molecule has 2 heteroatoms. The van der Waals surface area contributed by atoms with E-state index in [9.17, 15) is 0 Å². The SMILES string of the molecule is CN(C)c1ccccc1CCCc1ccc(Br)cc1. The van der Waals surface area contributed by atoms with Gasteiger partial charge in [0, 0.05) is 24.3 Å². The van der Waals surface area contributed by atoms with Gasteiger partial charge in [0.05, 0.1) is 0 Å². The first kappa shape index (κ1) is 14.1. The summed E-state index contributed by atoms with van der Waals surface area (Å²) >= 11 is 3.47. The molecular weight excluding hydrogens is 298 g/mol. The maximum atomic E-state index is 3.47. The van der Waals surface area contributed by atoms with Gasteiger partial charge in [0.2, 0.25) is 0 Å². The Morgan fingerprint density at radius 3 is 2.26 bits per heavy atom. The van der Waals surface area contributed by atoms with Gasteiger partial charge in [0.25, 0.3) is 0 Å². The molecule has 0 N–H and O–H groups in total. The number of para-hydroxylation sites is 1. The van der Waals surface area contributed by atoms with E-state index in [0.29, 0.717) is 0 Å². The van der Waals surface area contributed by atoms with Crippen LogP contribution in [0, 0.1) is 0 Å². The first-order chi connectivity index (χ1) is 9.16. The molecule has 100 valence electrons. The maximum absolute atomic E-state index is 3.47. The average Bonchev–Trinajstić information content (AvgIpc) is 2.41. The fraction of sp³-hybridized carbons (Fsp3) is 0.294. The molecule has 0 atom stereocenters. The quantitative estimate of drug-likeness (QED) is 0.773. The second-order valence-electron chi connectivity index (χ2n) is 5.00. The molecule has 19 heavy (non-hydrogen) atoms. The van der Waals surface area contributed by atoms with E-state index in [1.165, 1.54) is 23.2 Å². The molecule has 0 aliphatic carbocycles. The lowest BCUT2D eigenvalue weighted by molar-refractivity contribution is 0.817. The molecule has 2 aromatic carbocycles.